The molecule has 10 heteroatoms. The van der Waals surface area contributed by atoms with E-state index in [1.807, 2.05) is 49.4 Å². The molecule has 0 unspecified atom stereocenters. The highest BCUT2D eigenvalue weighted by Crippen LogP contribution is 2.31. The predicted molar refractivity (Wildman–Crippen MR) is 151 cm³/mol. The van der Waals surface area contributed by atoms with Crippen LogP contribution in [0.5, 0.6) is 0 Å². The summed E-state index contributed by atoms with van der Waals surface area (Å²) in [6.45, 7) is 2.03. The number of hydrogen-bond donors (Lipinski definition) is 2. The number of carbonyl (C=O) groups is 1. The molecule has 0 aliphatic heterocycles. The molecule has 0 fully saturated rings. The van der Waals surface area contributed by atoms with E-state index in [2.05, 4.69) is 20.8 Å². The van der Waals surface area contributed by atoms with E-state index in [0.29, 0.717) is 38.3 Å². The fourth-order valence-electron chi connectivity index (χ4n) is 3.54. The SMILES string of the molecule is Cc1ccc(-n2nc3ccc(NC(=S)NC(=O)/C=C/c4ccc(-c5ccc(Cl)cc5Cl)o4)cc3n2)cc1. The van der Waals surface area contributed by atoms with Gasteiger partial charge in [0.2, 0.25) is 5.91 Å². The van der Waals surface area contributed by atoms with Gasteiger partial charge >= 0.3 is 0 Å². The van der Waals surface area contributed by atoms with Crippen molar-refractivity contribution < 1.29 is 9.21 Å². The van der Waals surface area contributed by atoms with E-state index in [9.17, 15) is 4.79 Å². The zero-order valence-electron chi connectivity index (χ0n) is 19.4. The van der Waals surface area contributed by atoms with Crippen LogP contribution in [0.25, 0.3) is 34.1 Å². The molecule has 1 amide bonds. The fraction of sp³-hybridized carbons (Fsp3) is 0.0370. The number of furan rings is 1. The van der Waals surface area contributed by atoms with E-state index in [1.165, 1.54) is 6.08 Å². The van der Waals surface area contributed by atoms with Crippen LogP contribution in [0.2, 0.25) is 10.0 Å². The largest absolute Gasteiger partial charge is 0.457 e. The van der Waals surface area contributed by atoms with Crippen molar-refractivity contribution in [2.45, 2.75) is 6.92 Å². The first kappa shape index (κ1) is 24.7. The summed E-state index contributed by atoms with van der Waals surface area (Å²) in [5.74, 6) is 0.636. The molecule has 0 bridgehead atoms. The highest BCUT2D eigenvalue weighted by Gasteiger charge is 2.10. The number of thiocarbonyl (C=S) groups is 1. The Labute approximate surface area is 227 Å². The van der Waals surface area contributed by atoms with Crippen molar-refractivity contribution in [1.82, 2.24) is 20.3 Å². The Hall–Kier alpha value is -3.98. The van der Waals surface area contributed by atoms with Gasteiger partial charge in [0.25, 0.3) is 0 Å². The Morgan fingerprint density at radius 2 is 1.76 bits per heavy atom. The van der Waals surface area contributed by atoms with Gasteiger partial charge in [-0.2, -0.15) is 4.80 Å². The van der Waals surface area contributed by atoms with Crippen LogP contribution in [-0.2, 0) is 4.79 Å². The first-order valence-electron chi connectivity index (χ1n) is 11.1. The molecule has 5 aromatic rings. The van der Waals surface area contributed by atoms with Crippen molar-refractivity contribution in [3.8, 4) is 17.0 Å². The van der Waals surface area contributed by atoms with Crippen LogP contribution < -0.4 is 10.6 Å². The highest BCUT2D eigenvalue weighted by atomic mass is 35.5. The van der Waals surface area contributed by atoms with Crippen LogP contribution in [-0.4, -0.2) is 26.0 Å². The van der Waals surface area contributed by atoms with E-state index in [1.54, 1.807) is 41.2 Å². The van der Waals surface area contributed by atoms with Crippen molar-refractivity contribution in [1.29, 1.82) is 0 Å². The van der Waals surface area contributed by atoms with Gasteiger partial charge in [-0.1, -0.05) is 40.9 Å². The van der Waals surface area contributed by atoms with Gasteiger partial charge in [0.1, 0.15) is 22.6 Å². The molecule has 0 saturated heterocycles. The number of nitrogens with zero attached hydrogens (tertiary/aromatic N) is 3. The van der Waals surface area contributed by atoms with Crippen LogP contribution in [0, 0.1) is 6.92 Å². The molecule has 2 aromatic heterocycles. The lowest BCUT2D eigenvalue weighted by Crippen LogP contribution is -2.32. The second kappa shape index (κ2) is 10.6. The van der Waals surface area contributed by atoms with Gasteiger partial charge < -0.3 is 9.73 Å². The molecule has 2 N–H and O–H groups in total. The normalized spacial score (nSPS) is 11.2. The lowest BCUT2D eigenvalue weighted by atomic mass is 10.2. The molecule has 2 heterocycles. The zero-order chi connectivity index (χ0) is 25.9. The third kappa shape index (κ3) is 5.89. The molecular weight excluding hydrogens is 529 g/mol. The maximum Gasteiger partial charge on any atom is 0.250 e. The second-order valence-corrected chi connectivity index (χ2v) is 9.38. The summed E-state index contributed by atoms with van der Waals surface area (Å²) >= 11 is 17.5. The number of hydrogen-bond acceptors (Lipinski definition) is 5. The Balaban J connectivity index is 1.20. The molecule has 0 aliphatic carbocycles. The highest BCUT2D eigenvalue weighted by molar-refractivity contribution is 7.80. The van der Waals surface area contributed by atoms with Crippen LogP contribution in [0.15, 0.2) is 83.3 Å². The summed E-state index contributed by atoms with van der Waals surface area (Å²) in [7, 11) is 0. The predicted octanol–water partition coefficient (Wildman–Crippen LogP) is 6.82. The lowest BCUT2D eigenvalue weighted by Gasteiger charge is -2.07. The quantitative estimate of drug-likeness (QED) is 0.185. The van der Waals surface area contributed by atoms with Crippen molar-refractivity contribution in [2.75, 3.05) is 5.32 Å². The molecule has 3 aromatic carbocycles. The smallest absolute Gasteiger partial charge is 0.250 e. The molecule has 0 radical (unpaired) electrons. The van der Waals surface area contributed by atoms with E-state index < -0.39 is 5.91 Å². The number of amides is 1. The number of anilines is 1. The summed E-state index contributed by atoms with van der Waals surface area (Å²) in [6, 6.07) is 22.0. The standard InChI is InChI=1S/C27H19Cl2N5O2S/c1-16-2-6-19(7-3-16)34-32-23-11-5-18(15-24(23)33-34)30-27(37)31-26(35)13-9-20-8-12-25(36-20)21-10-4-17(28)14-22(21)29/h2-15H,1H3,(H2,30,31,35,37)/b13-9+. The number of rotatable bonds is 5. The summed E-state index contributed by atoms with van der Waals surface area (Å²) in [6.07, 6.45) is 2.87. The Morgan fingerprint density at radius 3 is 2.54 bits per heavy atom. The van der Waals surface area contributed by atoms with Gasteiger partial charge in [-0.15, -0.1) is 10.2 Å². The summed E-state index contributed by atoms with van der Waals surface area (Å²) in [4.78, 5) is 13.9. The van der Waals surface area contributed by atoms with Gasteiger partial charge in [-0.3, -0.25) is 10.1 Å². The summed E-state index contributed by atoms with van der Waals surface area (Å²) in [5, 5.41) is 15.8. The number of aryl methyl sites for hydroxylation is 1. The number of nitrogens with one attached hydrogen (secondary N) is 2. The maximum absolute atomic E-state index is 12.4. The molecule has 0 atom stereocenters. The number of carbonyl (C=O) groups excluding carboxylic acids is 1. The Bertz CT molecular complexity index is 1660. The maximum atomic E-state index is 12.4. The van der Waals surface area contributed by atoms with Crippen LogP contribution in [0.3, 0.4) is 0 Å². The molecule has 5 rings (SSSR count). The van der Waals surface area contributed by atoms with Gasteiger partial charge in [-0.25, -0.2) is 0 Å². The van der Waals surface area contributed by atoms with Crippen LogP contribution in [0.1, 0.15) is 11.3 Å². The number of benzene rings is 3. The summed E-state index contributed by atoms with van der Waals surface area (Å²) < 4.78 is 5.76. The second-order valence-electron chi connectivity index (χ2n) is 8.13. The van der Waals surface area contributed by atoms with E-state index >= 15 is 0 Å². The van der Waals surface area contributed by atoms with Gasteiger partial charge in [0.05, 0.1) is 10.7 Å². The van der Waals surface area contributed by atoms with Crippen molar-refractivity contribution in [3.63, 3.8) is 0 Å². The third-order valence-electron chi connectivity index (χ3n) is 5.36. The van der Waals surface area contributed by atoms with Crippen molar-refractivity contribution in [3.05, 3.63) is 100 Å². The molecule has 184 valence electrons. The molecule has 37 heavy (non-hydrogen) atoms. The molecule has 0 aliphatic rings. The number of aromatic nitrogens is 3. The first-order valence-corrected chi connectivity index (χ1v) is 12.3. The minimum absolute atomic E-state index is 0.146. The number of halogens is 2. The number of fused-ring (bicyclic) bond motifs is 1. The molecule has 7 nitrogen and oxygen atoms in total. The lowest BCUT2D eigenvalue weighted by molar-refractivity contribution is -0.115. The monoisotopic (exact) mass is 547 g/mol. The van der Waals surface area contributed by atoms with E-state index in [0.717, 1.165) is 16.8 Å². The van der Waals surface area contributed by atoms with Gasteiger partial charge in [0.15, 0.2) is 5.11 Å². The molecule has 0 spiro atoms. The Kier molecular flexibility index (Phi) is 7.05. The van der Waals surface area contributed by atoms with Gasteiger partial charge in [-0.05, 0) is 85.9 Å². The van der Waals surface area contributed by atoms with Crippen molar-refractivity contribution in [2.24, 2.45) is 0 Å². The van der Waals surface area contributed by atoms with Crippen LogP contribution in [0.4, 0.5) is 5.69 Å². The Morgan fingerprint density at radius 1 is 0.973 bits per heavy atom. The van der Waals surface area contributed by atoms with Crippen molar-refractivity contribution >= 4 is 69.2 Å². The third-order valence-corrected chi connectivity index (χ3v) is 6.11. The van der Waals surface area contributed by atoms with Gasteiger partial charge in [0, 0.05) is 22.3 Å². The average molecular weight is 548 g/mol. The topological polar surface area (TPSA) is 85.0 Å². The summed E-state index contributed by atoms with van der Waals surface area (Å²) in [5.41, 5.74) is 4.83. The minimum atomic E-state index is -0.411. The van der Waals surface area contributed by atoms with E-state index in [4.69, 9.17) is 39.8 Å². The minimum Gasteiger partial charge on any atom is -0.457 e. The first-order chi connectivity index (χ1) is 17.8. The van der Waals surface area contributed by atoms with Crippen LogP contribution >= 0.6 is 35.4 Å². The molecule has 0 saturated carbocycles. The average Bonchev–Trinajstić information content (AvgIpc) is 3.50. The zero-order valence-corrected chi connectivity index (χ0v) is 21.7. The van der Waals surface area contributed by atoms with E-state index in [-0.39, 0.29) is 5.11 Å². The fourth-order valence-corrected chi connectivity index (χ4v) is 4.26. The molecular formula is C27H19Cl2N5O2S.